The Kier molecular flexibility index (Phi) is 4.81. The maximum absolute atomic E-state index is 12.1. The van der Waals surface area contributed by atoms with Gasteiger partial charge in [0.15, 0.2) is 0 Å². The van der Waals surface area contributed by atoms with Crippen molar-refractivity contribution in [2.45, 2.75) is 25.4 Å². The molecule has 0 aliphatic carbocycles. The maximum atomic E-state index is 12.1. The third-order valence-electron chi connectivity index (χ3n) is 3.61. The molecule has 0 atom stereocenters. The number of benzene rings is 1. The summed E-state index contributed by atoms with van der Waals surface area (Å²) in [7, 11) is 0. The zero-order valence-electron chi connectivity index (χ0n) is 11.2. The van der Waals surface area contributed by atoms with Gasteiger partial charge in [0.2, 0.25) is 0 Å². The molecule has 1 aromatic carbocycles. The van der Waals surface area contributed by atoms with Gasteiger partial charge in [-0.05, 0) is 30.9 Å². The minimum atomic E-state index is -4.03. The number of hydrogen-bond donors (Lipinski definition) is 0. The van der Waals surface area contributed by atoms with Crippen molar-refractivity contribution >= 4 is 6.29 Å². The second-order valence-electron chi connectivity index (χ2n) is 5.41. The molecule has 2 rings (SSSR count). The van der Waals surface area contributed by atoms with Gasteiger partial charge in [0, 0.05) is 25.1 Å². The van der Waals surface area contributed by atoms with E-state index >= 15 is 0 Å². The number of nitrogens with zero attached hydrogens (tertiary/aromatic N) is 1. The first-order valence-electron chi connectivity index (χ1n) is 6.79. The van der Waals surface area contributed by atoms with Gasteiger partial charge in [-0.15, -0.1) is 0 Å². The van der Waals surface area contributed by atoms with E-state index < -0.39 is 12.6 Å². The van der Waals surface area contributed by atoms with Crippen molar-refractivity contribution in [2.75, 3.05) is 19.6 Å². The lowest BCUT2D eigenvalue weighted by Crippen LogP contribution is -2.48. The van der Waals surface area contributed by atoms with E-state index in [-0.39, 0.29) is 5.92 Å². The molecule has 5 heteroatoms. The van der Waals surface area contributed by atoms with Gasteiger partial charge in [-0.2, -0.15) is 13.2 Å². The van der Waals surface area contributed by atoms with Crippen molar-refractivity contribution in [1.29, 1.82) is 0 Å². The number of carbonyl (C=O) groups is 1. The predicted molar refractivity (Wildman–Crippen MR) is 70.8 cm³/mol. The summed E-state index contributed by atoms with van der Waals surface area (Å²) in [6.45, 7) is 1.96. The average Bonchev–Trinajstić information content (AvgIpc) is 2.35. The summed E-state index contributed by atoms with van der Waals surface area (Å²) in [6.07, 6.45) is -2.06. The van der Waals surface area contributed by atoms with E-state index in [0.29, 0.717) is 18.7 Å². The lowest BCUT2D eigenvalue weighted by Gasteiger charge is -2.39. The Hall–Kier alpha value is -1.36. The number of rotatable bonds is 6. The van der Waals surface area contributed by atoms with E-state index in [1.54, 1.807) is 12.1 Å². The molecular weight excluding hydrogens is 267 g/mol. The van der Waals surface area contributed by atoms with Crippen molar-refractivity contribution in [2.24, 2.45) is 5.92 Å². The Morgan fingerprint density at radius 1 is 1.20 bits per heavy atom. The molecule has 1 aliphatic heterocycles. The molecule has 1 aliphatic rings. The highest BCUT2D eigenvalue weighted by Crippen LogP contribution is 2.30. The van der Waals surface area contributed by atoms with E-state index in [1.807, 2.05) is 12.1 Å². The summed E-state index contributed by atoms with van der Waals surface area (Å²) in [4.78, 5) is 12.6. The fourth-order valence-electron chi connectivity index (χ4n) is 2.59. The fraction of sp³-hybridized carbons (Fsp3) is 0.533. The van der Waals surface area contributed by atoms with Crippen LogP contribution in [0.3, 0.4) is 0 Å². The van der Waals surface area contributed by atoms with Crippen molar-refractivity contribution in [1.82, 2.24) is 4.90 Å². The third kappa shape index (κ3) is 4.63. The first kappa shape index (κ1) is 15.0. The number of carbonyl (C=O) groups excluding carboxylic acids is 1. The average molecular weight is 285 g/mol. The second kappa shape index (κ2) is 6.39. The van der Waals surface area contributed by atoms with Gasteiger partial charge in [0.25, 0.3) is 0 Å². The Morgan fingerprint density at radius 2 is 1.85 bits per heavy atom. The summed E-state index contributed by atoms with van der Waals surface area (Å²) in [6, 6.07) is 7.41. The number of aryl methyl sites for hydroxylation is 1. The van der Waals surface area contributed by atoms with Gasteiger partial charge >= 0.3 is 6.18 Å². The topological polar surface area (TPSA) is 20.3 Å². The Morgan fingerprint density at radius 3 is 2.40 bits per heavy atom. The van der Waals surface area contributed by atoms with Crippen LogP contribution in [-0.4, -0.2) is 37.0 Å². The summed E-state index contributed by atoms with van der Waals surface area (Å²) in [5.41, 5.74) is 1.81. The molecule has 0 aromatic heterocycles. The molecule has 0 unspecified atom stereocenters. The van der Waals surface area contributed by atoms with Gasteiger partial charge in [0.1, 0.15) is 6.29 Å². The summed E-state index contributed by atoms with van der Waals surface area (Å²) >= 11 is 0. The lowest BCUT2D eigenvalue weighted by atomic mass is 9.95. The van der Waals surface area contributed by atoms with Gasteiger partial charge in [-0.1, -0.05) is 24.3 Å². The van der Waals surface area contributed by atoms with Crippen LogP contribution in [0.1, 0.15) is 28.8 Å². The zero-order valence-corrected chi connectivity index (χ0v) is 11.2. The lowest BCUT2D eigenvalue weighted by molar-refractivity contribution is -0.155. The minimum absolute atomic E-state index is 0.220. The Labute approximate surface area is 116 Å². The van der Waals surface area contributed by atoms with Crippen molar-refractivity contribution in [3.05, 3.63) is 35.4 Å². The van der Waals surface area contributed by atoms with Crippen LogP contribution < -0.4 is 0 Å². The van der Waals surface area contributed by atoms with Crippen LogP contribution >= 0.6 is 0 Å². The largest absolute Gasteiger partial charge is 0.389 e. The Bertz CT molecular complexity index is 435. The highest BCUT2D eigenvalue weighted by molar-refractivity contribution is 5.74. The molecule has 110 valence electrons. The molecule has 20 heavy (non-hydrogen) atoms. The molecule has 0 spiro atoms. The number of likely N-dealkylation sites (tertiary alicyclic amines) is 1. The van der Waals surface area contributed by atoms with E-state index in [4.69, 9.17) is 0 Å². The molecule has 0 amide bonds. The molecule has 0 saturated carbocycles. The van der Waals surface area contributed by atoms with E-state index in [1.165, 1.54) is 0 Å². The second-order valence-corrected chi connectivity index (χ2v) is 5.41. The summed E-state index contributed by atoms with van der Waals surface area (Å²) in [5, 5.41) is 0. The van der Waals surface area contributed by atoms with Gasteiger partial charge in [-0.3, -0.25) is 4.79 Å². The molecule has 0 bridgehead atoms. The molecule has 1 aromatic rings. The van der Waals surface area contributed by atoms with Gasteiger partial charge < -0.3 is 4.90 Å². The smallest absolute Gasteiger partial charge is 0.303 e. The predicted octanol–water partition coefficient (Wildman–Crippen LogP) is 3.32. The van der Waals surface area contributed by atoms with Crippen LogP contribution in [-0.2, 0) is 6.42 Å². The number of alkyl halides is 3. The van der Waals surface area contributed by atoms with Crippen molar-refractivity contribution in [3.63, 3.8) is 0 Å². The first-order valence-corrected chi connectivity index (χ1v) is 6.79. The molecule has 2 nitrogen and oxygen atoms in total. The SMILES string of the molecule is O=Cc1ccc(CCCN2CC(CC(F)(F)F)C2)cc1. The quantitative estimate of drug-likeness (QED) is 0.747. The van der Waals surface area contributed by atoms with Gasteiger partial charge in [-0.25, -0.2) is 0 Å². The highest BCUT2D eigenvalue weighted by Gasteiger charge is 2.37. The maximum Gasteiger partial charge on any atom is 0.389 e. The molecule has 1 heterocycles. The highest BCUT2D eigenvalue weighted by atomic mass is 19.4. The number of aldehydes is 1. The minimum Gasteiger partial charge on any atom is -0.303 e. The molecule has 0 N–H and O–H groups in total. The van der Waals surface area contributed by atoms with Crippen LogP contribution in [0.2, 0.25) is 0 Å². The van der Waals surface area contributed by atoms with Crippen LogP contribution in [0.5, 0.6) is 0 Å². The van der Waals surface area contributed by atoms with Crippen LogP contribution in [0, 0.1) is 5.92 Å². The normalized spacial score (nSPS) is 16.9. The van der Waals surface area contributed by atoms with Crippen LogP contribution in [0.4, 0.5) is 13.2 Å². The molecular formula is C15H18F3NO. The number of halogens is 3. The van der Waals surface area contributed by atoms with Crippen molar-refractivity contribution in [3.8, 4) is 0 Å². The third-order valence-corrected chi connectivity index (χ3v) is 3.61. The van der Waals surface area contributed by atoms with E-state index in [0.717, 1.165) is 31.2 Å². The zero-order chi connectivity index (χ0) is 14.6. The first-order chi connectivity index (χ1) is 9.46. The monoisotopic (exact) mass is 285 g/mol. The summed E-state index contributed by atoms with van der Waals surface area (Å²) < 4.78 is 36.4. The standard InChI is InChI=1S/C15H18F3NO/c16-15(17,18)8-14-9-19(10-14)7-1-2-12-3-5-13(11-20)6-4-12/h3-6,11,14H,1-2,7-10H2. The number of hydrogen-bond acceptors (Lipinski definition) is 2. The van der Waals surface area contributed by atoms with Crippen LogP contribution in [0.25, 0.3) is 0 Å². The molecule has 1 fully saturated rings. The van der Waals surface area contributed by atoms with Crippen molar-refractivity contribution < 1.29 is 18.0 Å². The Balaban J connectivity index is 1.62. The fourth-order valence-corrected chi connectivity index (χ4v) is 2.59. The van der Waals surface area contributed by atoms with Gasteiger partial charge in [0.05, 0.1) is 0 Å². The van der Waals surface area contributed by atoms with Crippen LogP contribution in [0.15, 0.2) is 24.3 Å². The van der Waals surface area contributed by atoms with E-state index in [9.17, 15) is 18.0 Å². The molecule has 0 radical (unpaired) electrons. The van der Waals surface area contributed by atoms with E-state index in [2.05, 4.69) is 4.90 Å². The molecule has 1 saturated heterocycles. The summed E-state index contributed by atoms with van der Waals surface area (Å²) in [5.74, 6) is -0.220.